The van der Waals surface area contributed by atoms with Crippen LogP contribution in [0.4, 0.5) is 11.4 Å². The monoisotopic (exact) mass is 220 g/mol. The van der Waals surface area contributed by atoms with Crippen molar-refractivity contribution >= 4 is 11.4 Å². The maximum absolute atomic E-state index is 5.82. The van der Waals surface area contributed by atoms with Crippen LogP contribution in [0.5, 0.6) is 5.75 Å². The highest BCUT2D eigenvalue weighted by molar-refractivity contribution is 5.59. The van der Waals surface area contributed by atoms with Gasteiger partial charge < -0.3 is 15.8 Å². The maximum atomic E-state index is 5.82. The van der Waals surface area contributed by atoms with E-state index in [1.54, 1.807) is 0 Å². The van der Waals surface area contributed by atoms with E-state index in [0.717, 1.165) is 35.5 Å². The van der Waals surface area contributed by atoms with Gasteiger partial charge in [0.05, 0.1) is 6.61 Å². The molecule has 1 saturated carbocycles. The third-order valence-electron chi connectivity index (χ3n) is 3.08. The summed E-state index contributed by atoms with van der Waals surface area (Å²) in [5, 5.41) is 3.42. The molecule has 2 rings (SSSR count). The fourth-order valence-corrected chi connectivity index (χ4v) is 1.91. The highest BCUT2D eigenvalue weighted by atomic mass is 16.5. The minimum atomic E-state index is 0.669. The first kappa shape index (κ1) is 11.1. The van der Waals surface area contributed by atoms with E-state index in [0.29, 0.717) is 6.61 Å². The van der Waals surface area contributed by atoms with E-state index in [2.05, 4.69) is 12.2 Å². The average Bonchev–Trinajstić information content (AvgIpc) is 2.91. The van der Waals surface area contributed by atoms with E-state index < -0.39 is 0 Å². The second-order valence-electron chi connectivity index (χ2n) is 4.58. The van der Waals surface area contributed by atoms with Crippen LogP contribution < -0.4 is 15.8 Å². The Hall–Kier alpha value is -1.38. The molecule has 16 heavy (non-hydrogen) atoms. The van der Waals surface area contributed by atoms with Gasteiger partial charge in [0.15, 0.2) is 0 Å². The lowest BCUT2D eigenvalue weighted by Crippen LogP contribution is -2.05. The Balaban J connectivity index is 1.96. The van der Waals surface area contributed by atoms with Gasteiger partial charge in [-0.1, -0.05) is 6.92 Å². The number of anilines is 2. The summed E-state index contributed by atoms with van der Waals surface area (Å²) < 4.78 is 5.45. The van der Waals surface area contributed by atoms with E-state index in [1.165, 1.54) is 6.42 Å². The zero-order chi connectivity index (χ0) is 11.5. The first-order valence-corrected chi connectivity index (χ1v) is 5.96. The van der Waals surface area contributed by atoms with E-state index in [4.69, 9.17) is 10.5 Å². The topological polar surface area (TPSA) is 47.3 Å². The Labute approximate surface area is 97.0 Å². The Morgan fingerprint density at radius 3 is 2.81 bits per heavy atom. The average molecular weight is 220 g/mol. The number of ether oxygens (including phenoxy) is 1. The molecule has 0 radical (unpaired) electrons. The van der Waals surface area contributed by atoms with Crippen LogP contribution in [0.3, 0.4) is 0 Å². The van der Waals surface area contributed by atoms with Crippen LogP contribution in [-0.2, 0) is 0 Å². The van der Waals surface area contributed by atoms with Crippen molar-refractivity contribution in [1.82, 2.24) is 0 Å². The predicted octanol–water partition coefficient (Wildman–Crippen LogP) is 2.74. The number of nitrogens with one attached hydrogen (secondary N) is 1. The molecule has 3 N–H and O–H groups in total. The minimum absolute atomic E-state index is 0.669. The molecule has 0 aliphatic heterocycles. The third kappa shape index (κ3) is 2.81. The summed E-state index contributed by atoms with van der Waals surface area (Å²) in [6.45, 7) is 5.97. The van der Waals surface area contributed by atoms with E-state index in [9.17, 15) is 0 Å². The summed E-state index contributed by atoms with van der Waals surface area (Å²) in [5.74, 6) is 2.55. The van der Waals surface area contributed by atoms with Crippen LogP contribution in [-0.4, -0.2) is 13.2 Å². The van der Waals surface area contributed by atoms with E-state index in [1.807, 2.05) is 25.1 Å². The van der Waals surface area contributed by atoms with Crippen molar-refractivity contribution < 1.29 is 4.74 Å². The van der Waals surface area contributed by atoms with Crippen molar-refractivity contribution in [2.24, 2.45) is 11.8 Å². The molecule has 1 aliphatic rings. The number of nitrogen functional groups attached to an aromatic ring is 1. The van der Waals surface area contributed by atoms with Gasteiger partial charge >= 0.3 is 0 Å². The van der Waals surface area contributed by atoms with Crippen LogP contribution in [0.1, 0.15) is 20.3 Å². The van der Waals surface area contributed by atoms with Crippen molar-refractivity contribution in [3.63, 3.8) is 0 Å². The summed E-state index contributed by atoms with van der Waals surface area (Å²) in [4.78, 5) is 0. The normalized spacial score (nSPS) is 22.9. The summed E-state index contributed by atoms with van der Waals surface area (Å²) in [5.41, 5.74) is 7.62. The number of rotatable bonds is 5. The van der Waals surface area contributed by atoms with E-state index in [-0.39, 0.29) is 0 Å². The van der Waals surface area contributed by atoms with Gasteiger partial charge in [-0.2, -0.15) is 0 Å². The van der Waals surface area contributed by atoms with E-state index >= 15 is 0 Å². The SMILES string of the molecule is CCOc1cc(N)cc(NCC2CC2C)c1. The van der Waals surface area contributed by atoms with Gasteiger partial charge in [0, 0.05) is 30.1 Å². The Morgan fingerprint density at radius 1 is 1.44 bits per heavy atom. The number of hydrogen-bond donors (Lipinski definition) is 2. The minimum Gasteiger partial charge on any atom is -0.494 e. The highest BCUT2D eigenvalue weighted by Crippen LogP contribution is 2.37. The zero-order valence-electron chi connectivity index (χ0n) is 9.99. The van der Waals surface area contributed by atoms with Gasteiger partial charge in [0.2, 0.25) is 0 Å². The fourth-order valence-electron chi connectivity index (χ4n) is 1.91. The maximum Gasteiger partial charge on any atom is 0.123 e. The first-order chi connectivity index (χ1) is 7.69. The molecular formula is C13H20N2O. The molecule has 88 valence electrons. The lowest BCUT2D eigenvalue weighted by atomic mass is 10.2. The van der Waals surface area contributed by atoms with Gasteiger partial charge in [-0.25, -0.2) is 0 Å². The lowest BCUT2D eigenvalue weighted by molar-refractivity contribution is 0.340. The Morgan fingerprint density at radius 2 is 2.19 bits per heavy atom. The number of hydrogen-bond acceptors (Lipinski definition) is 3. The molecule has 0 aromatic heterocycles. The molecule has 2 atom stereocenters. The number of benzene rings is 1. The standard InChI is InChI=1S/C13H20N2O/c1-3-16-13-6-11(14)5-12(7-13)15-8-10-4-9(10)2/h5-7,9-10,15H,3-4,8,14H2,1-2H3. The quantitative estimate of drug-likeness (QED) is 0.750. The van der Waals surface area contributed by atoms with Gasteiger partial charge in [-0.15, -0.1) is 0 Å². The second-order valence-corrected chi connectivity index (χ2v) is 4.58. The zero-order valence-corrected chi connectivity index (χ0v) is 9.99. The van der Waals surface area contributed by atoms with Crippen LogP contribution in [0, 0.1) is 11.8 Å². The summed E-state index contributed by atoms with van der Waals surface area (Å²) in [6.07, 6.45) is 1.34. The summed E-state index contributed by atoms with van der Waals surface area (Å²) in [7, 11) is 0. The molecule has 0 spiro atoms. The molecule has 0 amide bonds. The second kappa shape index (κ2) is 4.64. The first-order valence-electron chi connectivity index (χ1n) is 5.96. The van der Waals surface area contributed by atoms with Crippen molar-refractivity contribution in [2.75, 3.05) is 24.2 Å². The van der Waals surface area contributed by atoms with Crippen molar-refractivity contribution in [1.29, 1.82) is 0 Å². The summed E-state index contributed by atoms with van der Waals surface area (Å²) >= 11 is 0. The van der Waals surface area contributed by atoms with Gasteiger partial charge in [0.25, 0.3) is 0 Å². The van der Waals surface area contributed by atoms with Crippen molar-refractivity contribution in [3.8, 4) is 5.75 Å². The Kier molecular flexibility index (Phi) is 3.22. The summed E-state index contributed by atoms with van der Waals surface area (Å²) in [6, 6.07) is 5.82. The molecule has 3 heteroatoms. The molecule has 1 aliphatic carbocycles. The molecule has 2 unspecified atom stereocenters. The molecule has 1 aromatic carbocycles. The molecule has 0 saturated heterocycles. The predicted molar refractivity (Wildman–Crippen MR) is 67.8 cm³/mol. The molecule has 3 nitrogen and oxygen atoms in total. The van der Waals surface area contributed by atoms with Crippen LogP contribution >= 0.6 is 0 Å². The number of nitrogens with two attached hydrogens (primary N) is 1. The smallest absolute Gasteiger partial charge is 0.123 e. The largest absolute Gasteiger partial charge is 0.494 e. The van der Waals surface area contributed by atoms with Crippen molar-refractivity contribution in [3.05, 3.63) is 18.2 Å². The van der Waals surface area contributed by atoms with Gasteiger partial charge in [-0.05, 0) is 31.2 Å². The molecule has 0 heterocycles. The molecule has 0 bridgehead atoms. The van der Waals surface area contributed by atoms with Crippen LogP contribution in [0.2, 0.25) is 0 Å². The van der Waals surface area contributed by atoms with Crippen LogP contribution in [0.25, 0.3) is 0 Å². The highest BCUT2D eigenvalue weighted by Gasteiger charge is 2.31. The van der Waals surface area contributed by atoms with Gasteiger partial charge in [0.1, 0.15) is 5.75 Å². The van der Waals surface area contributed by atoms with Gasteiger partial charge in [-0.3, -0.25) is 0 Å². The molecule has 1 fully saturated rings. The molecular weight excluding hydrogens is 200 g/mol. The van der Waals surface area contributed by atoms with Crippen LogP contribution in [0.15, 0.2) is 18.2 Å². The molecule has 1 aromatic rings. The van der Waals surface area contributed by atoms with Crippen molar-refractivity contribution in [2.45, 2.75) is 20.3 Å². The third-order valence-corrected chi connectivity index (χ3v) is 3.08. The fraction of sp³-hybridized carbons (Fsp3) is 0.538. The lowest BCUT2D eigenvalue weighted by Gasteiger charge is -2.10. The Bertz CT molecular complexity index is 365.